The number of piperidine rings is 1. The van der Waals surface area contributed by atoms with Crippen LogP contribution in [0, 0.1) is 20.8 Å². The van der Waals surface area contributed by atoms with Crippen molar-refractivity contribution in [3.8, 4) is 0 Å². The maximum Gasteiger partial charge on any atom is 0.228 e. The van der Waals surface area contributed by atoms with E-state index >= 15 is 0 Å². The highest BCUT2D eigenvalue weighted by atomic mass is 32.1. The van der Waals surface area contributed by atoms with Crippen LogP contribution in [-0.2, 0) is 17.6 Å². The third-order valence-electron chi connectivity index (χ3n) is 5.88. The molecule has 5 heteroatoms. The molecule has 0 spiro atoms. The van der Waals surface area contributed by atoms with Crippen LogP contribution in [0.5, 0.6) is 0 Å². The van der Waals surface area contributed by atoms with E-state index in [1.165, 1.54) is 16.7 Å². The lowest BCUT2D eigenvalue weighted by molar-refractivity contribution is -0.131. The van der Waals surface area contributed by atoms with Crippen molar-refractivity contribution in [1.82, 2.24) is 14.9 Å². The molecule has 0 bridgehead atoms. The lowest BCUT2D eigenvalue weighted by Gasteiger charge is -2.32. The topological polar surface area (TPSA) is 46.1 Å². The first-order valence-electron chi connectivity index (χ1n) is 10.7. The standard InChI is InChI=1S/C25H29N3OS/c1-17-7-4-5-8-21(17)12-20-11-18(2)26-24(13-20)22-9-6-10-28(15-22)25(29)14-23-16-30-19(3)27-23/h4-5,7-8,11,13,16,22H,6,9-10,12,14-15H2,1-3H3. The number of carbonyl (C=O) groups is 1. The Balaban J connectivity index is 1.48. The van der Waals surface area contributed by atoms with Gasteiger partial charge in [0.25, 0.3) is 0 Å². The van der Waals surface area contributed by atoms with Crippen molar-refractivity contribution in [2.75, 3.05) is 13.1 Å². The van der Waals surface area contributed by atoms with Crippen molar-refractivity contribution >= 4 is 17.2 Å². The third-order valence-corrected chi connectivity index (χ3v) is 6.70. The van der Waals surface area contributed by atoms with Crippen LogP contribution in [0.3, 0.4) is 0 Å². The average Bonchev–Trinajstić information content (AvgIpc) is 3.14. The number of carbonyl (C=O) groups excluding carboxylic acids is 1. The van der Waals surface area contributed by atoms with Crippen molar-refractivity contribution in [3.05, 3.63) is 80.6 Å². The molecule has 1 atom stereocenters. The summed E-state index contributed by atoms with van der Waals surface area (Å²) in [5, 5.41) is 3.01. The second-order valence-corrected chi connectivity index (χ2v) is 9.42. The second-order valence-electron chi connectivity index (χ2n) is 8.36. The predicted molar refractivity (Wildman–Crippen MR) is 122 cm³/mol. The van der Waals surface area contributed by atoms with Gasteiger partial charge in [-0.05, 0) is 68.9 Å². The Labute approximate surface area is 183 Å². The van der Waals surface area contributed by atoms with Gasteiger partial charge in [-0.2, -0.15) is 0 Å². The average molecular weight is 420 g/mol. The number of hydrogen-bond acceptors (Lipinski definition) is 4. The molecule has 30 heavy (non-hydrogen) atoms. The Kier molecular flexibility index (Phi) is 6.28. The Morgan fingerprint density at radius 2 is 2.00 bits per heavy atom. The van der Waals surface area contributed by atoms with Crippen LogP contribution in [0.2, 0.25) is 0 Å². The molecule has 3 heterocycles. The molecule has 1 aromatic carbocycles. The number of nitrogens with zero attached hydrogens (tertiary/aromatic N) is 3. The van der Waals surface area contributed by atoms with E-state index < -0.39 is 0 Å². The van der Waals surface area contributed by atoms with Gasteiger partial charge in [-0.1, -0.05) is 24.3 Å². The largest absolute Gasteiger partial charge is 0.342 e. The summed E-state index contributed by atoms with van der Waals surface area (Å²) in [6, 6.07) is 13.0. The number of likely N-dealkylation sites (tertiary alicyclic amines) is 1. The van der Waals surface area contributed by atoms with Crippen molar-refractivity contribution in [2.45, 2.75) is 52.4 Å². The molecule has 0 radical (unpaired) electrons. The Morgan fingerprint density at radius 1 is 1.17 bits per heavy atom. The normalized spacial score (nSPS) is 16.6. The second kappa shape index (κ2) is 9.09. The number of hydrogen-bond donors (Lipinski definition) is 0. The van der Waals surface area contributed by atoms with Gasteiger partial charge in [0.1, 0.15) is 0 Å². The van der Waals surface area contributed by atoms with Gasteiger partial charge < -0.3 is 4.90 Å². The zero-order valence-electron chi connectivity index (χ0n) is 18.0. The number of aromatic nitrogens is 2. The maximum absolute atomic E-state index is 12.8. The minimum absolute atomic E-state index is 0.179. The minimum atomic E-state index is 0.179. The van der Waals surface area contributed by atoms with Gasteiger partial charge >= 0.3 is 0 Å². The van der Waals surface area contributed by atoms with E-state index in [9.17, 15) is 4.79 Å². The fourth-order valence-electron chi connectivity index (χ4n) is 4.31. The highest BCUT2D eigenvalue weighted by Crippen LogP contribution is 2.28. The zero-order chi connectivity index (χ0) is 21.1. The monoisotopic (exact) mass is 419 g/mol. The summed E-state index contributed by atoms with van der Waals surface area (Å²) in [4.78, 5) is 24.1. The first-order chi connectivity index (χ1) is 14.5. The number of thiazole rings is 1. The number of pyridine rings is 1. The Morgan fingerprint density at radius 3 is 2.77 bits per heavy atom. The Bertz CT molecular complexity index is 1040. The highest BCUT2D eigenvalue weighted by molar-refractivity contribution is 7.09. The van der Waals surface area contributed by atoms with Gasteiger partial charge in [-0.25, -0.2) is 4.98 Å². The van der Waals surface area contributed by atoms with E-state index in [-0.39, 0.29) is 5.91 Å². The fourth-order valence-corrected chi connectivity index (χ4v) is 4.92. The molecule has 4 rings (SSSR count). The van der Waals surface area contributed by atoms with Gasteiger partial charge in [0.2, 0.25) is 5.91 Å². The maximum atomic E-state index is 12.8. The number of amides is 1. The van der Waals surface area contributed by atoms with Gasteiger partial charge in [0.15, 0.2) is 0 Å². The predicted octanol–water partition coefficient (Wildman–Crippen LogP) is 5.00. The van der Waals surface area contributed by atoms with Crippen LogP contribution < -0.4 is 0 Å². The quantitative estimate of drug-likeness (QED) is 0.584. The molecule has 1 fully saturated rings. The summed E-state index contributed by atoms with van der Waals surface area (Å²) in [6.07, 6.45) is 3.42. The molecule has 1 amide bonds. The van der Waals surface area contributed by atoms with Crippen molar-refractivity contribution < 1.29 is 4.79 Å². The van der Waals surface area contributed by atoms with Crippen LogP contribution in [0.25, 0.3) is 0 Å². The van der Waals surface area contributed by atoms with Gasteiger partial charge in [0.05, 0.1) is 17.1 Å². The first-order valence-corrected chi connectivity index (χ1v) is 11.6. The molecule has 1 saturated heterocycles. The van der Waals surface area contributed by atoms with E-state index in [2.05, 4.69) is 55.2 Å². The molecule has 1 unspecified atom stereocenters. The molecule has 0 aliphatic carbocycles. The summed E-state index contributed by atoms with van der Waals surface area (Å²) in [5.74, 6) is 0.480. The summed E-state index contributed by atoms with van der Waals surface area (Å²) in [6.45, 7) is 7.80. The van der Waals surface area contributed by atoms with Gasteiger partial charge in [0, 0.05) is 35.8 Å². The van der Waals surface area contributed by atoms with E-state index in [4.69, 9.17) is 4.98 Å². The van der Waals surface area contributed by atoms with Crippen molar-refractivity contribution in [2.24, 2.45) is 0 Å². The molecule has 0 saturated carbocycles. The molecule has 1 aliphatic heterocycles. The van der Waals surface area contributed by atoms with Crippen molar-refractivity contribution in [1.29, 1.82) is 0 Å². The molecule has 156 valence electrons. The number of aryl methyl sites for hydroxylation is 3. The van der Waals surface area contributed by atoms with E-state index in [0.29, 0.717) is 12.3 Å². The number of benzene rings is 1. The minimum Gasteiger partial charge on any atom is -0.342 e. The first kappa shape index (κ1) is 20.7. The van der Waals surface area contributed by atoms with E-state index in [0.717, 1.165) is 54.4 Å². The van der Waals surface area contributed by atoms with Crippen molar-refractivity contribution in [3.63, 3.8) is 0 Å². The number of rotatable bonds is 5. The summed E-state index contributed by atoms with van der Waals surface area (Å²) >= 11 is 1.60. The van der Waals surface area contributed by atoms with E-state index in [1.54, 1.807) is 11.3 Å². The zero-order valence-corrected chi connectivity index (χ0v) is 18.8. The van der Waals surface area contributed by atoms with Gasteiger partial charge in [-0.3, -0.25) is 9.78 Å². The molecule has 2 aromatic heterocycles. The smallest absolute Gasteiger partial charge is 0.228 e. The van der Waals surface area contributed by atoms with E-state index in [1.807, 2.05) is 17.2 Å². The molecular weight excluding hydrogens is 390 g/mol. The Hall–Kier alpha value is -2.53. The molecule has 3 aromatic rings. The lowest BCUT2D eigenvalue weighted by Crippen LogP contribution is -2.40. The molecule has 4 nitrogen and oxygen atoms in total. The van der Waals surface area contributed by atoms with Crippen LogP contribution in [0.15, 0.2) is 41.8 Å². The van der Waals surface area contributed by atoms with Crippen LogP contribution >= 0.6 is 11.3 Å². The summed E-state index contributed by atoms with van der Waals surface area (Å²) in [7, 11) is 0. The van der Waals surface area contributed by atoms with Crippen LogP contribution in [0.4, 0.5) is 0 Å². The molecule has 0 N–H and O–H groups in total. The molecule has 1 aliphatic rings. The van der Waals surface area contributed by atoms with Gasteiger partial charge in [-0.15, -0.1) is 11.3 Å². The summed E-state index contributed by atoms with van der Waals surface area (Å²) < 4.78 is 0. The lowest BCUT2D eigenvalue weighted by atomic mass is 9.91. The third kappa shape index (κ3) is 4.96. The fraction of sp³-hybridized carbons (Fsp3) is 0.400. The van der Waals surface area contributed by atoms with Crippen LogP contribution in [0.1, 0.15) is 57.5 Å². The SMILES string of the molecule is Cc1cc(Cc2ccccc2C)cc(C2CCCN(C(=O)Cc3csc(C)n3)C2)n1. The molecular formula is C25H29N3OS. The highest BCUT2D eigenvalue weighted by Gasteiger charge is 2.26. The van der Waals surface area contributed by atoms with Crippen LogP contribution in [-0.4, -0.2) is 33.9 Å². The summed E-state index contributed by atoms with van der Waals surface area (Å²) in [5.41, 5.74) is 7.04.